The van der Waals surface area contributed by atoms with Crippen molar-refractivity contribution in [1.29, 1.82) is 5.26 Å². The molecular weight excluding hydrogens is 404 g/mol. The van der Waals surface area contributed by atoms with Gasteiger partial charge in [0.15, 0.2) is 11.8 Å². The van der Waals surface area contributed by atoms with Crippen molar-refractivity contribution in [2.75, 3.05) is 0 Å². The van der Waals surface area contributed by atoms with E-state index in [1.165, 1.54) is 5.56 Å². The predicted octanol–water partition coefficient (Wildman–Crippen LogP) is 7.36. The van der Waals surface area contributed by atoms with Gasteiger partial charge in [0.05, 0.1) is 17.2 Å². The van der Waals surface area contributed by atoms with Gasteiger partial charge in [0.1, 0.15) is 12.6 Å². The third-order valence-electron chi connectivity index (χ3n) is 6.60. The molecule has 3 aromatic carbocycles. The second kappa shape index (κ2) is 7.90. The molecule has 0 amide bonds. The normalized spacial score (nSPS) is 11.4. The lowest BCUT2D eigenvalue weighted by Crippen LogP contribution is -2.31. The quantitative estimate of drug-likeness (QED) is 0.280. The first-order valence-electron chi connectivity index (χ1n) is 11.4. The summed E-state index contributed by atoms with van der Waals surface area (Å²) in [4.78, 5) is 0. The minimum atomic E-state index is 0.419. The number of aromatic nitrogens is 1. The molecule has 0 radical (unpaired) electrons. The highest BCUT2D eigenvalue weighted by Crippen LogP contribution is 2.43. The molecule has 0 fully saturated rings. The molecule has 2 heterocycles. The first-order chi connectivity index (χ1) is 15.9. The maximum Gasteiger partial charge on any atom is 0.216 e. The summed E-state index contributed by atoms with van der Waals surface area (Å²) < 4.78 is 8.85. The number of hydrogen-bond acceptors (Lipinski definition) is 2. The molecule has 0 saturated heterocycles. The number of furan rings is 1. The molecule has 0 spiro atoms. The largest absolute Gasteiger partial charge is 0.454 e. The molecule has 162 valence electrons. The van der Waals surface area contributed by atoms with E-state index in [9.17, 15) is 5.26 Å². The Labute approximate surface area is 194 Å². The summed E-state index contributed by atoms with van der Waals surface area (Å²) in [5, 5.41) is 11.9. The summed E-state index contributed by atoms with van der Waals surface area (Å²) in [6.07, 6.45) is 2.11. The smallest absolute Gasteiger partial charge is 0.216 e. The van der Waals surface area contributed by atoms with Crippen LogP contribution in [-0.4, -0.2) is 0 Å². The SMILES string of the molecule is Cc1ccc2c(oc3c(-c4cc(C(C)C)cc[n+]4C)c(C)cc(C#N)c32)c1-c1ccccc1. The molecule has 0 atom stereocenters. The van der Waals surface area contributed by atoms with Crippen molar-refractivity contribution in [3.63, 3.8) is 0 Å². The summed E-state index contributed by atoms with van der Waals surface area (Å²) in [7, 11) is 2.06. The van der Waals surface area contributed by atoms with E-state index < -0.39 is 0 Å². The zero-order chi connectivity index (χ0) is 23.3. The molecule has 0 unspecified atom stereocenters. The lowest BCUT2D eigenvalue weighted by atomic mass is 9.93. The van der Waals surface area contributed by atoms with Crippen LogP contribution >= 0.6 is 0 Å². The highest BCUT2D eigenvalue weighted by Gasteiger charge is 2.25. The zero-order valence-corrected chi connectivity index (χ0v) is 19.7. The van der Waals surface area contributed by atoms with Crippen LogP contribution in [0.3, 0.4) is 0 Å². The fourth-order valence-corrected chi connectivity index (χ4v) is 4.81. The predicted molar refractivity (Wildman–Crippen MR) is 134 cm³/mol. The van der Waals surface area contributed by atoms with Gasteiger partial charge in [-0.3, -0.25) is 0 Å². The molecule has 3 heteroatoms. The molecule has 0 aliphatic rings. The average molecular weight is 432 g/mol. The maximum atomic E-state index is 10.0. The van der Waals surface area contributed by atoms with Crippen LogP contribution in [0.25, 0.3) is 44.3 Å². The van der Waals surface area contributed by atoms with Crippen LogP contribution in [0.5, 0.6) is 0 Å². The lowest BCUT2D eigenvalue weighted by molar-refractivity contribution is -0.660. The van der Waals surface area contributed by atoms with E-state index in [2.05, 4.69) is 88.0 Å². The van der Waals surface area contributed by atoms with Gasteiger partial charge in [-0.15, -0.1) is 0 Å². The monoisotopic (exact) mass is 431 g/mol. The lowest BCUT2D eigenvalue weighted by Gasteiger charge is -2.10. The van der Waals surface area contributed by atoms with Gasteiger partial charge in [0.25, 0.3) is 0 Å². The Balaban J connectivity index is 1.95. The van der Waals surface area contributed by atoms with Crippen molar-refractivity contribution in [1.82, 2.24) is 0 Å². The molecule has 3 nitrogen and oxygen atoms in total. The Bertz CT molecular complexity index is 1570. The van der Waals surface area contributed by atoms with Crippen LogP contribution in [-0.2, 0) is 7.05 Å². The molecule has 0 aliphatic heterocycles. The molecule has 0 aliphatic carbocycles. The molecular formula is C30H27N2O+. The van der Waals surface area contributed by atoms with Crippen molar-refractivity contribution >= 4 is 21.9 Å². The third kappa shape index (κ3) is 3.31. The highest BCUT2D eigenvalue weighted by atomic mass is 16.3. The molecule has 0 bridgehead atoms. The van der Waals surface area contributed by atoms with Gasteiger partial charge in [-0.1, -0.05) is 56.3 Å². The highest BCUT2D eigenvalue weighted by molar-refractivity contribution is 6.15. The first-order valence-corrected chi connectivity index (χ1v) is 11.4. The Morgan fingerprint density at radius 2 is 1.64 bits per heavy atom. The van der Waals surface area contributed by atoms with E-state index in [1.54, 1.807) is 0 Å². The van der Waals surface area contributed by atoms with E-state index in [0.29, 0.717) is 11.5 Å². The van der Waals surface area contributed by atoms with Crippen molar-refractivity contribution in [2.45, 2.75) is 33.6 Å². The maximum absolute atomic E-state index is 10.0. The third-order valence-corrected chi connectivity index (χ3v) is 6.60. The fraction of sp³-hybridized carbons (Fsp3) is 0.200. The second-order valence-corrected chi connectivity index (χ2v) is 9.15. The number of pyridine rings is 1. The van der Waals surface area contributed by atoms with Crippen molar-refractivity contribution < 1.29 is 8.98 Å². The Morgan fingerprint density at radius 3 is 2.33 bits per heavy atom. The van der Waals surface area contributed by atoms with Crippen molar-refractivity contribution in [2.24, 2.45) is 7.05 Å². The zero-order valence-electron chi connectivity index (χ0n) is 19.7. The van der Waals surface area contributed by atoms with Gasteiger partial charge in [0, 0.05) is 28.5 Å². The summed E-state index contributed by atoms with van der Waals surface area (Å²) >= 11 is 0. The number of rotatable bonds is 3. The summed E-state index contributed by atoms with van der Waals surface area (Å²) in [6.45, 7) is 8.58. The Kier molecular flexibility index (Phi) is 5.02. The van der Waals surface area contributed by atoms with Gasteiger partial charge >= 0.3 is 0 Å². The number of benzene rings is 3. The second-order valence-electron chi connectivity index (χ2n) is 9.15. The number of nitriles is 1. The minimum Gasteiger partial charge on any atom is -0.454 e. The van der Waals surface area contributed by atoms with Crippen LogP contribution in [0.1, 0.15) is 42.0 Å². The molecule has 5 rings (SSSR count). The van der Waals surface area contributed by atoms with Crippen LogP contribution < -0.4 is 4.57 Å². The van der Waals surface area contributed by atoms with E-state index >= 15 is 0 Å². The van der Waals surface area contributed by atoms with E-state index in [1.807, 2.05) is 24.3 Å². The van der Waals surface area contributed by atoms with Gasteiger partial charge < -0.3 is 4.42 Å². The molecule has 2 aromatic heterocycles. The van der Waals surface area contributed by atoms with Gasteiger partial charge in [-0.05, 0) is 48.1 Å². The fourth-order valence-electron chi connectivity index (χ4n) is 4.81. The van der Waals surface area contributed by atoms with Crippen LogP contribution in [0.4, 0.5) is 0 Å². The number of nitrogens with zero attached hydrogens (tertiary/aromatic N) is 2. The van der Waals surface area contributed by atoms with Crippen LogP contribution in [0, 0.1) is 25.2 Å². The van der Waals surface area contributed by atoms with E-state index in [-0.39, 0.29) is 0 Å². The minimum absolute atomic E-state index is 0.419. The topological polar surface area (TPSA) is 40.8 Å². The Morgan fingerprint density at radius 1 is 0.879 bits per heavy atom. The average Bonchev–Trinajstić information content (AvgIpc) is 3.18. The molecule has 5 aromatic rings. The van der Waals surface area contributed by atoms with Gasteiger partial charge in [-0.2, -0.15) is 5.26 Å². The standard InChI is InChI=1S/C30H27N2O/c1-18(2)22-13-14-32(5)25(16-22)27-20(4)15-23(17-31)28-24-12-11-19(3)26(29(24)33-30(27)28)21-9-7-6-8-10-21/h6-16,18H,1-5H3/q+1. The van der Waals surface area contributed by atoms with Crippen LogP contribution in [0.15, 0.2) is 71.3 Å². The number of aryl methyl sites for hydroxylation is 3. The van der Waals surface area contributed by atoms with Crippen molar-refractivity contribution in [3.05, 3.63) is 89.1 Å². The number of hydrogen-bond donors (Lipinski definition) is 0. The summed E-state index contributed by atoms with van der Waals surface area (Å²) in [6, 6.07) is 23.4. The number of fused-ring (bicyclic) bond motifs is 3. The Hall–Kier alpha value is -3.90. The summed E-state index contributed by atoms with van der Waals surface area (Å²) in [5.41, 5.74) is 10.0. The first kappa shape index (κ1) is 21.0. The van der Waals surface area contributed by atoms with Crippen LogP contribution in [0.2, 0.25) is 0 Å². The van der Waals surface area contributed by atoms with Gasteiger partial charge in [0.2, 0.25) is 5.69 Å². The van der Waals surface area contributed by atoms with E-state index in [0.717, 1.165) is 55.4 Å². The van der Waals surface area contributed by atoms with E-state index in [4.69, 9.17) is 4.42 Å². The summed E-state index contributed by atoms with van der Waals surface area (Å²) in [5.74, 6) is 0.419. The molecule has 0 saturated carbocycles. The molecule has 0 N–H and O–H groups in total. The molecule has 33 heavy (non-hydrogen) atoms. The van der Waals surface area contributed by atoms with Crippen molar-refractivity contribution in [3.8, 4) is 28.5 Å². The van der Waals surface area contributed by atoms with Gasteiger partial charge in [-0.25, -0.2) is 4.57 Å².